The minimum atomic E-state index is 0.809. The zero-order valence-electron chi connectivity index (χ0n) is 9.12. The van der Waals surface area contributed by atoms with E-state index in [-0.39, 0.29) is 0 Å². The normalized spacial score (nSPS) is 10.5. The van der Waals surface area contributed by atoms with Crippen LogP contribution in [0.3, 0.4) is 0 Å². The van der Waals surface area contributed by atoms with Gasteiger partial charge in [-0.2, -0.15) is 0 Å². The van der Waals surface area contributed by atoms with E-state index < -0.39 is 0 Å². The summed E-state index contributed by atoms with van der Waals surface area (Å²) in [6.45, 7) is 7.91. The first-order valence-corrected chi connectivity index (χ1v) is 5.03. The van der Waals surface area contributed by atoms with Gasteiger partial charge < -0.3 is 0 Å². The maximum atomic E-state index is 4.59. The number of aromatic nitrogens is 2. The highest BCUT2D eigenvalue weighted by Gasteiger charge is 2.04. The molecule has 0 spiro atoms. The fraction of sp³-hybridized carbons (Fsp3) is 0.231. The fourth-order valence-corrected chi connectivity index (χ4v) is 1.58. The molecule has 0 N–H and O–H groups in total. The van der Waals surface area contributed by atoms with Crippen molar-refractivity contribution in [3.8, 4) is 0 Å². The van der Waals surface area contributed by atoms with E-state index >= 15 is 0 Å². The first-order chi connectivity index (χ1) is 7.16. The topological polar surface area (TPSA) is 25.8 Å². The Kier molecular flexibility index (Phi) is 2.50. The highest BCUT2D eigenvalue weighted by molar-refractivity contribution is 5.74. The van der Waals surface area contributed by atoms with Crippen molar-refractivity contribution in [3.63, 3.8) is 0 Å². The molecule has 0 aliphatic heterocycles. The van der Waals surface area contributed by atoms with Crippen LogP contribution in [0.2, 0.25) is 0 Å². The van der Waals surface area contributed by atoms with Crippen molar-refractivity contribution in [2.24, 2.45) is 0 Å². The highest BCUT2D eigenvalue weighted by Crippen LogP contribution is 2.14. The zero-order chi connectivity index (χ0) is 10.8. The van der Waals surface area contributed by atoms with Crippen LogP contribution in [0.4, 0.5) is 0 Å². The van der Waals surface area contributed by atoms with Crippen LogP contribution in [0.1, 0.15) is 18.3 Å². The monoisotopic (exact) mass is 198 g/mol. The molecule has 2 heteroatoms. The van der Waals surface area contributed by atoms with Gasteiger partial charge in [0.15, 0.2) is 0 Å². The van der Waals surface area contributed by atoms with E-state index in [1.165, 1.54) is 0 Å². The smallest absolute Gasteiger partial charge is 0.0890 e. The number of fused-ring (bicyclic) bond motifs is 1. The van der Waals surface area contributed by atoms with Gasteiger partial charge in [0, 0.05) is 6.42 Å². The molecule has 76 valence electrons. The van der Waals surface area contributed by atoms with E-state index in [0.717, 1.165) is 34.4 Å². The number of rotatable bonds is 2. The van der Waals surface area contributed by atoms with E-state index in [1.54, 1.807) is 0 Å². The quantitative estimate of drug-likeness (QED) is 0.693. The van der Waals surface area contributed by atoms with Crippen molar-refractivity contribution in [2.75, 3.05) is 0 Å². The van der Waals surface area contributed by atoms with Crippen molar-refractivity contribution >= 4 is 11.0 Å². The van der Waals surface area contributed by atoms with Gasteiger partial charge in [0.25, 0.3) is 0 Å². The molecule has 0 saturated heterocycles. The number of aryl methyl sites for hydroxylation is 1. The van der Waals surface area contributed by atoms with Crippen molar-refractivity contribution in [1.82, 2.24) is 9.97 Å². The van der Waals surface area contributed by atoms with Crippen molar-refractivity contribution < 1.29 is 0 Å². The lowest BCUT2D eigenvalue weighted by Gasteiger charge is -2.05. The summed E-state index contributed by atoms with van der Waals surface area (Å²) < 4.78 is 0. The number of hydrogen-bond acceptors (Lipinski definition) is 2. The molecular formula is C13H14N2. The second-order valence-electron chi connectivity index (χ2n) is 3.88. The third-order valence-corrected chi connectivity index (χ3v) is 2.31. The zero-order valence-corrected chi connectivity index (χ0v) is 9.12. The molecule has 0 amide bonds. The molecule has 0 fully saturated rings. The summed E-state index contributed by atoms with van der Waals surface area (Å²) in [5.41, 5.74) is 5.06. The Labute approximate surface area is 89.7 Å². The van der Waals surface area contributed by atoms with Gasteiger partial charge in [0.2, 0.25) is 0 Å². The Morgan fingerprint density at radius 1 is 1.20 bits per heavy atom. The van der Waals surface area contributed by atoms with Gasteiger partial charge >= 0.3 is 0 Å². The van der Waals surface area contributed by atoms with Gasteiger partial charge in [-0.25, -0.2) is 9.97 Å². The Bertz CT molecular complexity index is 515. The molecule has 0 atom stereocenters. The summed E-state index contributed by atoms with van der Waals surface area (Å²) in [5.74, 6) is 0. The summed E-state index contributed by atoms with van der Waals surface area (Å²) in [4.78, 5) is 9.12. The molecule has 0 bridgehead atoms. The van der Waals surface area contributed by atoms with Gasteiger partial charge in [-0.15, -0.1) is 0 Å². The molecule has 1 heterocycles. The number of hydrogen-bond donors (Lipinski definition) is 0. The largest absolute Gasteiger partial charge is 0.250 e. The van der Waals surface area contributed by atoms with Crippen LogP contribution in [0.25, 0.3) is 11.0 Å². The number of allylic oxidation sites excluding steroid dienone is 1. The molecular weight excluding hydrogens is 184 g/mol. The second kappa shape index (κ2) is 3.81. The molecule has 0 aliphatic carbocycles. The summed E-state index contributed by atoms with van der Waals surface area (Å²) in [7, 11) is 0. The first kappa shape index (κ1) is 9.84. The average Bonchev–Trinajstić information content (AvgIpc) is 2.18. The number of benzene rings is 1. The Morgan fingerprint density at radius 2 is 1.80 bits per heavy atom. The van der Waals surface area contributed by atoms with Crippen molar-refractivity contribution in [1.29, 1.82) is 0 Å². The first-order valence-electron chi connectivity index (χ1n) is 5.03. The van der Waals surface area contributed by atoms with E-state index in [1.807, 2.05) is 38.1 Å². The highest BCUT2D eigenvalue weighted by atomic mass is 14.8. The molecule has 15 heavy (non-hydrogen) atoms. The maximum Gasteiger partial charge on any atom is 0.0890 e. The summed E-state index contributed by atoms with van der Waals surface area (Å²) in [5, 5.41) is 0. The standard InChI is InChI=1S/C13H14N2/c1-9(2)8-13-10(3)14-11-6-4-5-7-12(11)15-13/h4-7H,1,8H2,2-3H3. The summed E-state index contributed by atoms with van der Waals surface area (Å²) in [6, 6.07) is 7.94. The lowest BCUT2D eigenvalue weighted by atomic mass is 10.1. The molecule has 1 aromatic heterocycles. The van der Waals surface area contributed by atoms with Gasteiger partial charge in [0.05, 0.1) is 22.4 Å². The van der Waals surface area contributed by atoms with Crippen LogP contribution in [0.5, 0.6) is 0 Å². The van der Waals surface area contributed by atoms with E-state index in [4.69, 9.17) is 0 Å². The lowest BCUT2D eigenvalue weighted by molar-refractivity contribution is 1.00. The fourth-order valence-electron chi connectivity index (χ4n) is 1.58. The van der Waals surface area contributed by atoms with Gasteiger partial charge in [0.1, 0.15) is 0 Å². The molecule has 1 aromatic carbocycles. The van der Waals surface area contributed by atoms with E-state index in [2.05, 4.69) is 16.5 Å². The third kappa shape index (κ3) is 2.04. The maximum absolute atomic E-state index is 4.59. The van der Waals surface area contributed by atoms with Crippen LogP contribution < -0.4 is 0 Å². The summed E-state index contributed by atoms with van der Waals surface area (Å²) >= 11 is 0. The molecule has 0 radical (unpaired) electrons. The number of para-hydroxylation sites is 2. The van der Waals surface area contributed by atoms with Crippen LogP contribution in [-0.4, -0.2) is 9.97 Å². The van der Waals surface area contributed by atoms with Gasteiger partial charge in [-0.05, 0) is 26.0 Å². The number of nitrogens with zero attached hydrogens (tertiary/aromatic N) is 2. The third-order valence-electron chi connectivity index (χ3n) is 2.31. The predicted octanol–water partition coefficient (Wildman–Crippen LogP) is 3.06. The lowest BCUT2D eigenvalue weighted by Crippen LogP contribution is -1.98. The van der Waals surface area contributed by atoms with Crippen molar-refractivity contribution in [3.05, 3.63) is 47.8 Å². The minimum Gasteiger partial charge on any atom is -0.250 e. The molecule has 2 nitrogen and oxygen atoms in total. The summed E-state index contributed by atoms with van der Waals surface area (Å²) in [6.07, 6.45) is 0.809. The molecule has 0 saturated carbocycles. The van der Waals surface area contributed by atoms with Crippen molar-refractivity contribution in [2.45, 2.75) is 20.3 Å². The predicted molar refractivity (Wildman–Crippen MR) is 62.8 cm³/mol. The van der Waals surface area contributed by atoms with Crippen LogP contribution >= 0.6 is 0 Å². The van der Waals surface area contributed by atoms with E-state index in [0.29, 0.717) is 0 Å². The average molecular weight is 198 g/mol. The van der Waals surface area contributed by atoms with Gasteiger partial charge in [-0.3, -0.25) is 0 Å². The molecule has 0 unspecified atom stereocenters. The molecule has 2 aromatic rings. The Balaban J connectivity index is 2.56. The second-order valence-corrected chi connectivity index (χ2v) is 3.88. The van der Waals surface area contributed by atoms with E-state index in [9.17, 15) is 0 Å². The minimum absolute atomic E-state index is 0.809. The van der Waals surface area contributed by atoms with Crippen LogP contribution in [0, 0.1) is 6.92 Å². The van der Waals surface area contributed by atoms with Crippen LogP contribution in [0.15, 0.2) is 36.4 Å². The molecule has 0 aliphatic rings. The SMILES string of the molecule is C=C(C)Cc1nc2ccccc2nc1C. The Hall–Kier alpha value is -1.70. The van der Waals surface area contributed by atoms with Crippen LogP contribution in [-0.2, 0) is 6.42 Å². The Morgan fingerprint density at radius 3 is 2.40 bits per heavy atom. The van der Waals surface area contributed by atoms with Gasteiger partial charge in [-0.1, -0.05) is 24.3 Å². The molecule has 2 rings (SSSR count).